The van der Waals surface area contributed by atoms with Crippen molar-refractivity contribution in [2.45, 2.75) is 6.42 Å². The summed E-state index contributed by atoms with van der Waals surface area (Å²) in [5, 5.41) is 0.775. The van der Waals surface area contributed by atoms with Crippen molar-refractivity contribution in [3.05, 3.63) is 40.9 Å². The summed E-state index contributed by atoms with van der Waals surface area (Å²) in [5.41, 5.74) is 8.81. The smallest absolute Gasteiger partial charge is 0.191 e. The zero-order chi connectivity index (χ0) is 16.9. The Balaban J connectivity index is 1.50. The lowest BCUT2D eigenvalue weighted by molar-refractivity contribution is 0.357. The third-order valence-electron chi connectivity index (χ3n) is 4.75. The number of benzene rings is 1. The molecule has 0 aliphatic carbocycles. The SMILES string of the molecule is CN1CC=C(CN=C(N)N2CCN(c3ccc(Cl)cc3)CC2)CC1. The molecule has 6 heteroatoms. The Labute approximate surface area is 149 Å². The summed E-state index contributed by atoms with van der Waals surface area (Å²) in [6, 6.07) is 8.02. The predicted molar refractivity (Wildman–Crippen MR) is 102 cm³/mol. The van der Waals surface area contributed by atoms with E-state index in [0.29, 0.717) is 5.96 Å². The molecule has 0 atom stereocenters. The Morgan fingerprint density at radius 2 is 1.83 bits per heavy atom. The van der Waals surface area contributed by atoms with Crippen molar-refractivity contribution < 1.29 is 0 Å². The first-order chi connectivity index (χ1) is 11.6. The number of piperazine rings is 1. The molecule has 2 aliphatic heterocycles. The van der Waals surface area contributed by atoms with Crippen LogP contribution in [-0.4, -0.2) is 68.6 Å². The van der Waals surface area contributed by atoms with Gasteiger partial charge in [-0.05, 0) is 37.7 Å². The number of likely N-dealkylation sites (N-methyl/N-ethyl adjacent to an activating group) is 1. The second-order valence-electron chi connectivity index (χ2n) is 6.50. The lowest BCUT2D eigenvalue weighted by Gasteiger charge is -2.36. The summed E-state index contributed by atoms with van der Waals surface area (Å²) in [6.45, 7) is 6.57. The van der Waals surface area contributed by atoms with E-state index in [4.69, 9.17) is 17.3 Å². The Morgan fingerprint density at radius 1 is 1.12 bits per heavy atom. The van der Waals surface area contributed by atoms with Crippen LogP contribution >= 0.6 is 11.6 Å². The van der Waals surface area contributed by atoms with Crippen LogP contribution in [0, 0.1) is 0 Å². The predicted octanol–water partition coefficient (Wildman–Crippen LogP) is 2.04. The molecule has 5 nitrogen and oxygen atoms in total. The van der Waals surface area contributed by atoms with Crippen LogP contribution in [-0.2, 0) is 0 Å². The van der Waals surface area contributed by atoms with Gasteiger partial charge in [0.2, 0.25) is 0 Å². The van der Waals surface area contributed by atoms with E-state index in [9.17, 15) is 0 Å². The van der Waals surface area contributed by atoms with Gasteiger partial charge >= 0.3 is 0 Å². The minimum absolute atomic E-state index is 0.672. The van der Waals surface area contributed by atoms with Crippen molar-refractivity contribution in [2.75, 3.05) is 57.8 Å². The molecule has 1 aromatic rings. The van der Waals surface area contributed by atoms with Crippen molar-refractivity contribution in [1.82, 2.24) is 9.80 Å². The number of hydrogen-bond donors (Lipinski definition) is 1. The number of hydrogen-bond acceptors (Lipinski definition) is 3. The maximum absolute atomic E-state index is 6.20. The minimum Gasteiger partial charge on any atom is -0.370 e. The average Bonchev–Trinajstić information content (AvgIpc) is 2.62. The van der Waals surface area contributed by atoms with Crippen LogP contribution in [0.15, 0.2) is 40.9 Å². The highest BCUT2D eigenvalue weighted by Gasteiger charge is 2.18. The van der Waals surface area contributed by atoms with Gasteiger partial charge in [0.1, 0.15) is 0 Å². The van der Waals surface area contributed by atoms with Gasteiger partial charge in [-0.15, -0.1) is 0 Å². The number of halogens is 1. The minimum atomic E-state index is 0.672. The molecule has 130 valence electrons. The number of rotatable bonds is 3. The fraction of sp³-hybridized carbons (Fsp3) is 0.500. The summed E-state index contributed by atoms with van der Waals surface area (Å²) in [5.74, 6) is 0.672. The van der Waals surface area contributed by atoms with Gasteiger partial charge in [0, 0.05) is 50.0 Å². The van der Waals surface area contributed by atoms with E-state index >= 15 is 0 Å². The molecule has 0 unspecified atom stereocenters. The fourth-order valence-electron chi connectivity index (χ4n) is 3.08. The molecule has 2 aliphatic rings. The third-order valence-corrected chi connectivity index (χ3v) is 5.00. The molecule has 1 saturated heterocycles. The topological polar surface area (TPSA) is 48.1 Å². The molecule has 2 N–H and O–H groups in total. The van der Waals surface area contributed by atoms with Crippen LogP contribution < -0.4 is 10.6 Å². The van der Waals surface area contributed by atoms with Gasteiger partial charge in [-0.25, -0.2) is 4.99 Å². The molecule has 2 heterocycles. The number of anilines is 1. The number of aliphatic imine (C=N–C) groups is 1. The number of nitrogens with two attached hydrogens (primary N) is 1. The number of guanidine groups is 1. The third kappa shape index (κ3) is 4.42. The van der Waals surface area contributed by atoms with Crippen molar-refractivity contribution in [3.8, 4) is 0 Å². The molecule has 0 aromatic heterocycles. The summed E-state index contributed by atoms with van der Waals surface area (Å²) in [6.07, 6.45) is 3.37. The van der Waals surface area contributed by atoms with Crippen LogP contribution in [0.3, 0.4) is 0 Å². The first-order valence-corrected chi connectivity index (χ1v) is 8.91. The molecular formula is C18H26ClN5. The highest BCUT2D eigenvalue weighted by molar-refractivity contribution is 6.30. The first-order valence-electron chi connectivity index (χ1n) is 8.53. The zero-order valence-electron chi connectivity index (χ0n) is 14.3. The Hall–Kier alpha value is -1.72. The van der Waals surface area contributed by atoms with Gasteiger partial charge in [-0.2, -0.15) is 0 Å². The van der Waals surface area contributed by atoms with Crippen LogP contribution in [0.2, 0.25) is 5.02 Å². The lowest BCUT2D eigenvalue weighted by atomic mass is 10.1. The first kappa shape index (κ1) is 17.1. The normalized spacial score (nSPS) is 20.2. The molecule has 0 saturated carbocycles. The van der Waals surface area contributed by atoms with Gasteiger partial charge in [0.15, 0.2) is 5.96 Å². The maximum Gasteiger partial charge on any atom is 0.191 e. The highest BCUT2D eigenvalue weighted by Crippen LogP contribution is 2.19. The van der Waals surface area contributed by atoms with Crippen LogP contribution in [0.25, 0.3) is 0 Å². The quantitative estimate of drug-likeness (QED) is 0.516. The van der Waals surface area contributed by atoms with Crippen molar-refractivity contribution in [3.63, 3.8) is 0 Å². The molecule has 24 heavy (non-hydrogen) atoms. The highest BCUT2D eigenvalue weighted by atomic mass is 35.5. The molecule has 0 radical (unpaired) electrons. The van der Waals surface area contributed by atoms with Crippen LogP contribution in [0.5, 0.6) is 0 Å². The molecule has 0 amide bonds. The van der Waals surface area contributed by atoms with E-state index in [2.05, 4.69) is 44.9 Å². The average molecular weight is 348 g/mol. The molecule has 1 fully saturated rings. The molecule has 0 spiro atoms. The van der Waals surface area contributed by atoms with Gasteiger partial charge < -0.3 is 20.4 Å². The molecular weight excluding hydrogens is 322 g/mol. The second kappa shape index (κ2) is 7.90. The fourth-order valence-corrected chi connectivity index (χ4v) is 3.21. The van der Waals surface area contributed by atoms with E-state index in [1.807, 2.05) is 12.1 Å². The molecule has 3 rings (SSSR count). The lowest BCUT2D eigenvalue weighted by Crippen LogP contribution is -2.51. The largest absolute Gasteiger partial charge is 0.370 e. The second-order valence-corrected chi connectivity index (χ2v) is 6.94. The van der Waals surface area contributed by atoms with Crippen molar-refractivity contribution >= 4 is 23.2 Å². The summed E-state index contributed by atoms with van der Waals surface area (Å²) < 4.78 is 0. The van der Waals surface area contributed by atoms with Crippen molar-refractivity contribution in [2.24, 2.45) is 10.7 Å². The standard InChI is InChI=1S/C18H26ClN5/c1-22-8-6-15(7-9-22)14-21-18(20)24-12-10-23(11-13-24)17-4-2-16(19)3-5-17/h2-6H,7-14H2,1H3,(H2,20,21). The van der Waals surface area contributed by atoms with E-state index in [0.717, 1.165) is 57.3 Å². The summed E-state index contributed by atoms with van der Waals surface area (Å²) >= 11 is 5.96. The van der Waals surface area contributed by atoms with Crippen LogP contribution in [0.4, 0.5) is 5.69 Å². The monoisotopic (exact) mass is 347 g/mol. The summed E-state index contributed by atoms with van der Waals surface area (Å²) in [7, 11) is 2.14. The van der Waals surface area contributed by atoms with Gasteiger partial charge in [-0.1, -0.05) is 23.3 Å². The Morgan fingerprint density at radius 3 is 2.46 bits per heavy atom. The van der Waals surface area contributed by atoms with Gasteiger partial charge in [-0.3, -0.25) is 0 Å². The van der Waals surface area contributed by atoms with E-state index < -0.39 is 0 Å². The van der Waals surface area contributed by atoms with Gasteiger partial charge in [0.05, 0.1) is 6.54 Å². The van der Waals surface area contributed by atoms with Crippen molar-refractivity contribution in [1.29, 1.82) is 0 Å². The Kier molecular flexibility index (Phi) is 5.63. The maximum atomic E-state index is 6.20. The zero-order valence-corrected chi connectivity index (χ0v) is 15.0. The molecule has 0 bridgehead atoms. The van der Waals surface area contributed by atoms with E-state index in [1.54, 1.807) is 0 Å². The summed E-state index contributed by atoms with van der Waals surface area (Å²) in [4.78, 5) is 11.5. The van der Waals surface area contributed by atoms with Gasteiger partial charge in [0.25, 0.3) is 0 Å². The molecule has 1 aromatic carbocycles. The van der Waals surface area contributed by atoms with E-state index in [-0.39, 0.29) is 0 Å². The van der Waals surface area contributed by atoms with Crippen LogP contribution in [0.1, 0.15) is 6.42 Å². The van der Waals surface area contributed by atoms with E-state index in [1.165, 1.54) is 11.3 Å². The Bertz CT molecular complexity index is 602. The number of nitrogens with zero attached hydrogens (tertiary/aromatic N) is 4.